The largest absolute Gasteiger partial charge is 0.330 e. The van der Waals surface area contributed by atoms with E-state index in [-0.39, 0.29) is 0 Å². The molecular weight excluding hydrogens is 194 g/mol. The molecule has 0 radical (unpaired) electrons. The van der Waals surface area contributed by atoms with E-state index < -0.39 is 0 Å². The van der Waals surface area contributed by atoms with Crippen LogP contribution in [-0.4, -0.2) is 6.54 Å². The van der Waals surface area contributed by atoms with Gasteiger partial charge in [0.25, 0.3) is 0 Å². The van der Waals surface area contributed by atoms with E-state index in [4.69, 9.17) is 5.73 Å². The van der Waals surface area contributed by atoms with Gasteiger partial charge < -0.3 is 5.73 Å². The molecule has 1 nitrogen and oxygen atoms in total. The van der Waals surface area contributed by atoms with Crippen LogP contribution in [0.2, 0.25) is 0 Å². The smallest absolute Gasteiger partial charge is 0.00799 e. The zero-order valence-corrected chi connectivity index (χ0v) is 9.77. The van der Waals surface area contributed by atoms with Gasteiger partial charge in [-0.2, -0.15) is 0 Å². The zero-order chi connectivity index (χ0) is 11.6. The van der Waals surface area contributed by atoms with Crippen LogP contribution < -0.4 is 5.73 Å². The van der Waals surface area contributed by atoms with Crippen molar-refractivity contribution in [2.24, 2.45) is 5.73 Å². The Labute approximate surface area is 97.9 Å². The molecule has 0 aliphatic heterocycles. The lowest BCUT2D eigenvalue weighted by Gasteiger charge is -1.98. The molecule has 0 atom stereocenters. The minimum atomic E-state index is 0.819. The molecule has 0 aliphatic carbocycles. The van der Waals surface area contributed by atoms with Gasteiger partial charge in [0.15, 0.2) is 0 Å². The summed E-state index contributed by atoms with van der Waals surface area (Å²) in [5.74, 6) is 0. The Morgan fingerprint density at radius 1 is 0.750 bits per heavy atom. The Morgan fingerprint density at radius 2 is 1.06 bits per heavy atom. The van der Waals surface area contributed by atoms with Gasteiger partial charge in [-0.3, -0.25) is 0 Å². The van der Waals surface area contributed by atoms with Gasteiger partial charge in [-0.15, -0.1) is 0 Å². The van der Waals surface area contributed by atoms with Gasteiger partial charge in [-0.1, -0.05) is 67.6 Å². The Bertz CT molecular complexity index is 328. The number of benzene rings is 2. The van der Waals surface area contributed by atoms with Crippen molar-refractivity contribution in [3.63, 3.8) is 0 Å². The summed E-state index contributed by atoms with van der Waals surface area (Å²) in [5.41, 5.74) is 7.58. The van der Waals surface area contributed by atoms with E-state index in [1.54, 1.807) is 0 Å². The normalized spacial score (nSPS) is 9.12. The molecule has 0 amide bonds. The average Bonchev–Trinajstić information content (AvgIpc) is 2.41. The van der Waals surface area contributed by atoms with Crippen molar-refractivity contribution in [3.05, 3.63) is 60.7 Å². The first-order valence-electron chi connectivity index (χ1n) is 5.69. The molecule has 0 bridgehead atoms. The number of rotatable bonds is 2. The number of hydrogen-bond acceptors (Lipinski definition) is 1. The first kappa shape index (κ1) is 12.5. The van der Waals surface area contributed by atoms with Crippen molar-refractivity contribution in [2.75, 3.05) is 6.54 Å². The van der Waals surface area contributed by atoms with Crippen molar-refractivity contribution in [3.8, 4) is 11.1 Å². The second-order valence-electron chi connectivity index (χ2n) is 3.52. The molecule has 0 fully saturated rings. The summed E-state index contributed by atoms with van der Waals surface area (Å²) in [6, 6.07) is 20.8. The van der Waals surface area contributed by atoms with Crippen molar-refractivity contribution in [2.45, 2.75) is 13.3 Å². The summed E-state index contributed by atoms with van der Waals surface area (Å²) < 4.78 is 0. The fourth-order valence-electron chi connectivity index (χ4n) is 1.26. The summed E-state index contributed by atoms with van der Waals surface area (Å²) in [7, 11) is 0. The Kier molecular flexibility index (Phi) is 5.97. The predicted molar refractivity (Wildman–Crippen MR) is 71.2 cm³/mol. The van der Waals surface area contributed by atoms with Crippen LogP contribution in [-0.2, 0) is 0 Å². The third-order valence-electron chi connectivity index (χ3n) is 2.17. The van der Waals surface area contributed by atoms with Crippen LogP contribution in [0.4, 0.5) is 0 Å². The average molecular weight is 213 g/mol. The van der Waals surface area contributed by atoms with Crippen LogP contribution in [0, 0.1) is 0 Å². The molecule has 2 N–H and O–H groups in total. The summed E-state index contributed by atoms with van der Waals surface area (Å²) in [4.78, 5) is 0. The van der Waals surface area contributed by atoms with E-state index in [2.05, 4.69) is 55.5 Å². The SMILES string of the molecule is CCCN.c1ccc(-c2ccccc2)cc1. The molecule has 0 saturated carbocycles. The van der Waals surface area contributed by atoms with E-state index in [0.717, 1.165) is 13.0 Å². The van der Waals surface area contributed by atoms with Gasteiger partial charge in [-0.25, -0.2) is 0 Å². The summed E-state index contributed by atoms with van der Waals surface area (Å²) >= 11 is 0. The lowest BCUT2D eigenvalue weighted by atomic mass is 10.1. The molecule has 0 aromatic heterocycles. The van der Waals surface area contributed by atoms with Crippen LogP contribution >= 0.6 is 0 Å². The monoisotopic (exact) mass is 213 g/mol. The highest BCUT2D eigenvalue weighted by Gasteiger charge is 1.91. The molecule has 2 rings (SSSR count). The second-order valence-corrected chi connectivity index (χ2v) is 3.52. The second kappa shape index (κ2) is 7.66. The minimum Gasteiger partial charge on any atom is -0.330 e. The molecule has 2 aromatic carbocycles. The third-order valence-corrected chi connectivity index (χ3v) is 2.17. The van der Waals surface area contributed by atoms with Crippen molar-refractivity contribution in [1.29, 1.82) is 0 Å². The summed E-state index contributed by atoms with van der Waals surface area (Å²) in [5, 5.41) is 0. The molecule has 84 valence electrons. The minimum absolute atomic E-state index is 0.819. The molecule has 0 saturated heterocycles. The first-order valence-corrected chi connectivity index (χ1v) is 5.69. The third kappa shape index (κ3) is 4.28. The summed E-state index contributed by atoms with van der Waals surface area (Å²) in [6.45, 7) is 2.88. The topological polar surface area (TPSA) is 26.0 Å². The fourth-order valence-corrected chi connectivity index (χ4v) is 1.26. The van der Waals surface area contributed by atoms with Crippen LogP contribution in [0.3, 0.4) is 0 Å². The molecular formula is C15H19N. The van der Waals surface area contributed by atoms with Gasteiger partial charge in [-0.05, 0) is 24.1 Å². The van der Waals surface area contributed by atoms with Crippen molar-refractivity contribution < 1.29 is 0 Å². The quantitative estimate of drug-likeness (QED) is 0.808. The highest BCUT2D eigenvalue weighted by Crippen LogP contribution is 2.17. The molecule has 0 aliphatic rings. The number of nitrogens with two attached hydrogens (primary N) is 1. The molecule has 1 heteroatoms. The van der Waals surface area contributed by atoms with Crippen molar-refractivity contribution in [1.82, 2.24) is 0 Å². The van der Waals surface area contributed by atoms with Gasteiger partial charge in [0.1, 0.15) is 0 Å². The van der Waals surface area contributed by atoms with E-state index in [0.29, 0.717) is 0 Å². The highest BCUT2D eigenvalue weighted by molar-refractivity contribution is 5.62. The maximum Gasteiger partial charge on any atom is -0.00799 e. The zero-order valence-electron chi connectivity index (χ0n) is 9.77. The maximum atomic E-state index is 5.03. The van der Waals surface area contributed by atoms with Gasteiger partial charge in [0, 0.05) is 0 Å². The van der Waals surface area contributed by atoms with E-state index in [9.17, 15) is 0 Å². The van der Waals surface area contributed by atoms with E-state index >= 15 is 0 Å². The standard InChI is InChI=1S/C12H10.C3H9N/c1-3-7-11(8-4-1)12-9-5-2-6-10-12;1-2-3-4/h1-10H;2-4H2,1H3. The van der Waals surface area contributed by atoms with Gasteiger partial charge in [0.2, 0.25) is 0 Å². The Morgan fingerprint density at radius 3 is 1.31 bits per heavy atom. The Balaban J connectivity index is 0.000000280. The van der Waals surface area contributed by atoms with Crippen LogP contribution in [0.5, 0.6) is 0 Å². The van der Waals surface area contributed by atoms with E-state index in [1.165, 1.54) is 11.1 Å². The fraction of sp³-hybridized carbons (Fsp3) is 0.200. The van der Waals surface area contributed by atoms with Crippen molar-refractivity contribution >= 4 is 0 Å². The van der Waals surface area contributed by atoms with Crippen LogP contribution in [0.15, 0.2) is 60.7 Å². The van der Waals surface area contributed by atoms with E-state index in [1.807, 2.05) is 12.1 Å². The van der Waals surface area contributed by atoms with Gasteiger partial charge in [0.05, 0.1) is 0 Å². The first-order chi connectivity index (χ1) is 7.88. The predicted octanol–water partition coefficient (Wildman–Crippen LogP) is 3.71. The lowest BCUT2D eigenvalue weighted by molar-refractivity contribution is 0.932. The molecule has 0 unspecified atom stereocenters. The lowest BCUT2D eigenvalue weighted by Crippen LogP contribution is -1.93. The maximum absolute atomic E-state index is 5.03. The molecule has 2 aromatic rings. The highest BCUT2D eigenvalue weighted by atomic mass is 14.5. The summed E-state index contributed by atoms with van der Waals surface area (Å²) in [6.07, 6.45) is 1.10. The van der Waals surface area contributed by atoms with Crippen LogP contribution in [0.1, 0.15) is 13.3 Å². The van der Waals surface area contributed by atoms with Crippen LogP contribution in [0.25, 0.3) is 11.1 Å². The number of hydrogen-bond donors (Lipinski definition) is 1. The molecule has 0 heterocycles. The molecule has 0 spiro atoms. The van der Waals surface area contributed by atoms with Gasteiger partial charge >= 0.3 is 0 Å². The Hall–Kier alpha value is -1.60. The molecule has 16 heavy (non-hydrogen) atoms.